The highest BCUT2D eigenvalue weighted by atomic mass is 16.5. The molecule has 1 fully saturated rings. The van der Waals surface area contributed by atoms with Gasteiger partial charge in [0.05, 0.1) is 5.69 Å². The van der Waals surface area contributed by atoms with Gasteiger partial charge in [0.15, 0.2) is 0 Å². The molecule has 1 aliphatic rings. The van der Waals surface area contributed by atoms with E-state index in [0.29, 0.717) is 18.8 Å². The minimum Gasteiger partial charge on any atom is -0.478 e. The zero-order chi connectivity index (χ0) is 14.0. The Balaban J connectivity index is 2.32. The third kappa shape index (κ3) is 2.69. The topological polar surface area (TPSA) is 71.9 Å². The standard InChI is InChI=1S/C13H18N2O4/c1-8-4-10(9(5-14-8)13(16)17)15-6-11(18-2)12(7-15)19-3/h4-5,11-12H,6-7H2,1-3H3,(H,16,17). The van der Waals surface area contributed by atoms with Gasteiger partial charge in [-0.2, -0.15) is 0 Å². The molecule has 0 bridgehead atoms. The molecule has 1 aromatic heterocycles. The van der Waals surface area contributed by atoms with Crippen molar-refractivity contribution in [3.8, 4) is 0 Å². The van der Waals surface area contributed by atoms with Gasteiger partial charge in [-0.3, -0.25) is 4.98 Å². The number of pyridine rings is 1. The first kappa shape index (κ1) is 13.8. The van der Waals surface area contributed by atoms with Crippen molar-refractivity contribution in [3.63, 3.8) is 0 Å². The molecule has 1 aromatic rings. The minimum absolute atomic E-state index is 0.0554. The molecule has 0 radical (unpaired) electrons. The zero-order valence-electron chi connectivity index (χ0n) is 11.3. The van der Waals surface area contributed by atoms with Gasteiger partial charge in [0.25, 0.3) is 0 Å². The third-order valence-electron chi connectivity index (χ3n) is 3.41. The first-order chi connectivity index (χ1) is 9.06. The number of carbonyl (C=O) groups is 1. The van der Waals surface area contributed by atoms with Gasteiger partial charge in [-0.1, -0.05) is 0 Å². The molecule has 19 heavy (non-hydrogen) atoms. The number of ether oxygens (including phenoxy) is 2. The molecule has 2 heterocycles. The van der Waals surface area contributed by atoms with Crippen LogP contribution in [0.15, 0.2) is 12.3 Å². The van der Waals surface area contributed by atoms with Crippen molar-refractivity contribution in [2.45, 2.75) is 19.1 Å². The highest BCUT2D eigenvalue weighted by Crippen LogP contribution is 2.27. The summed E-state index contributed by atoms with van der Waals surface area (Å²) in [7, 11) is 3.27. The summed E-state index contributed by atoms with van der Waals surface area (Å²) in [6, 6.07) is 1.79. The normalized spacial score (nSPS) is 22.8. The van der Waals surface area contributed by atoms with Crippen molar-refractivity contribution in [1.82, 2.24) is 4.98 Å². The monoisotopic (exact) mass is 266 g/mol. The van der Waals surface area contributed by atoms with Gasteiger partial charge in [0.1, 0.15) is 17.8 Å². The minimum atomic E-state index is -0.975. The molecule has 0 amide bonds. The van der Waals surface area contributed by atoms with E-state index in [0.717, 1.165) is 5.69 Å². The quantitative estimate of drug-likeness (QED) is 0.874. The van der Waals surface area contributed by atoms with Gasteiger partial charge in [-0.25, -0.2) is 4.79 Å². The number of carboxylic acids is 1. The Hall–Kier alpha value is -1.66. The summed E-state index contributed by atoms with van der Waals surface area (Å²) in [5.41, 5.74) is 1.66. The molecule has 6 nitrogen and oxygen atoms in total. The molecular formula is C13H18N2O4. The number of anilines is 1. The number of hydrogen-bond donors (Lipinski definition) is 1. The van der Waals surface area contributed by atoms with Gasteiger partial charge in [-0.05, 0) is 13.0 Å². The van der Waals surface area contributed by atoms with Crippen LogP contribution < -0.4 is 4.90 Å². The number of aromatic carboxylic acids is 1. The Morgan fingerprint density at radius 3 is 2.42 bits per heavy atom. The molecule has 0 saturated carbocycles. The predicted molar refractivity (Wildman–Crippen MR) is 69.7 cm³/mol. The lowest BCUT2D eigenvalue weighted by Gasteiger charge is -2.20. The van der Waals surface area contributed by atoms with Crippen molar-refractivity contribution in [3.05, 3.63) is 23.5 Å². The predicted octanol–water partition coefficient (Wildman–Crippen LogP) is 0.938. The largest absolute Gasteiger partial charge is 0.478 e. The van der Waals surface area contributed by atoms with Gasteiger partial charge >= 0.3 is 5.97 Å². The van der Waals surface area contributed by atoms with Gasteiger partial charge in [-0.15, -0.1) is 0 Å². The van der Waals surface area contributed by atoms with E-state index < -0.39 is 5.97 Å². The Morgan fingerprint density at radius 1 is 1.37 bits per heavy atom. The summed E-state index contributed by atoms with van der Waals surface area (Å²) in [5.74, 6) is -0.975. The van der Waals surface area contributed by atoms with E-state index in [9.17, 15) is 9.90 Å². The van der Waals surface area contributed by atoms with E-state index in [4.69, 9.17) is 9.47 Å². The van der Waals surface area contributed by atoms with E-state index >= 15 is 0 Å². The number of aromatic nitrogens is 1. The van der Waals surface area contributed by atoms with E-state index in [2.05, 4.69) is 4.98 Å². The molecule has 2 unspecified atom stereocenters. The maximum atomic E-state index is 11.3. The number of hydrogen-bond acceptors (Lipinski definition) is 5. The first-order valence-electron chi connectivity index (χ1n) is 6.07. The molecule has 2 atom stereocenters. The number of aryl methyl sites for hydroxylation is 1. The highest BCUT2D eigenvalue weighted by Gasteiger charge is 2.34. The van der Waals surface area contributed by atoms with Crippen molar-refractivity contribution in [1.29, 1.82) is 0 Å². The lowest BCUT2D eigenvalue weighted by atomic mass is 10.2. The number of methoxy groups -OCH3 is 2. The molecule has 1 N–H and O–H groups in total. The Morgan fingerprint density at radius 2 is 1.95 bits per heavy atom. The second-order valence-electron chi connectivity index (χ2n) is 4.60. The van der Waals surface area contributed by atoms with Crippen molar-refractivity contribution in [2.75, 3.05) is 32.2 Å². The van der Waals surface area contributed by atoms with E-state index in [-0.39, 0.29) is 17.8 Å². The molecule has 1 aliphatic heterocycles. The summed E-state index contributed by atoms with van der Waals surface area (Å²) in [6.07, 6.45) is 1.29. The lowest BCUT2D eigenvalue weighted by Crippen LogP contribution is -2.27. The Kier molecular flexibility index (Phi) is 4.01. The van der Waals surface area contributed by atoms with Crippen LogP contribution in [0.5, 0.6) is 0 Å². The molecule has 0 aliphatic carbocycles. The van der Waals surface area contributed by atoms with Gasteiger partial charge in [0.2, 0.25) is 0 Å². The van der Waals surface area contributed by atoms with Crippen LogP contribution in [0.25, 0.3) is 0 Å². The molecular weight excluding hydrogens is 248 g/mol. The molecule has 1 saturated heterocycles. The smallest absolute Gasteiger partial charge is 0.339 e. The van der Waals surface area contributed by atoms with Crippen molar-refractivity contribution >= 4 is 11.7 Å². The summed E-state index contributed by atoms with van der Waals surface area (Å²) < 4.78 is 10.7. The summed E-state index contributed by atoms with van der Waals surface area (Å²) >= 11 is 0. The molecule has 0 spiro atoms. The fraction of sp³-hybridized carbons (Fsp3) is 0.538. The van der Waals surface area contributed by atoms with Crippen molar-refractivity contribution < 1.29 is 19.4 Å². The fourth-order valence-corrected chi connectivity index (χ4v) is 2.37. The van der Waals surface area contributed by atoms with E-state index in [1.165, 1.54) is 6.20 Å². The molecule has 0 aromatic carbocycles. The zero-order valence-corrected chi connectivity index (χ0v) is 11.3. The van der Waals surface area contributed by atoms with Crippen LogP contribution >= 0.6 is 0 Å². The van der Waals surface area contributed by atoms with Crippen LogP contribution in [0, 0.1) is 6.92 Å². The van der Waals surface area contributed by atoms with Crippen LogP contribution in [0.1, 0.15) is 16.1 Å². The average molecular weight is 266 g/mol. The van der Waals surface area contributed by atoms with E-state index in [1.807, 2.05) is 11.8 Å². The summed E-state index contributed by atoms with van der Waals surface area (Å²) in [5, 5.41) is 9.23. The van der Waals surface area contributed by atoms with Gasteiger partial charge < -0.3 is 19.5 Å². The van der Waals surface area contributed by atoms with Crippen molar-refractivity contribution in [2.24, 2.45) is 0 Å². The van der Waals surface area contributed by atoms with Crippen LogP contribution in [-0.4, -0.2) is 55.6 Å². The second kappa shape index (κ2) is 5.54. The maximum absolute atomic E-state index is 11.3. The fourth-order valence-electron chi connectivity index (χ4n) is 2.37. The second-order valence-corrected chi connectivity index (χ2v) is 4.60. The van der Waals surface area contributed by atoms with Crippen LogP contribution in [0.4, 0.5) is 5.69 Å². The van der Waals surface area contributed by atoms with Crippen LogP contribution in [0.3, 0.4) is 0 Å². The first-order valence-corrected chi connectivity index (χ1v) is 6.07. The summed E-state index contributed by atoms with van der Waals surface area (Å²) in [6.45, 7) is 3.06. The number of nitrogens with zero attached hydrogens (tertiary/aromatic N) is 2. The Bertz CT molecular complexity index is 466. The number of rotatable bonds is 4. The SMILES string of the molecule is COC1CN(c2cc(C)ncc2C(=O)O)CC1OC. The highest BCUT2D eigenvalue weighted by molar-refractivity contribution is 5.94. The average Bonchev–Trinajstić information content (AvgIpc) is 2.81. The number of carboxylic acid groups (broad SMARTS) is 1. The van der Waals surface area contributed by atoms with Crippen LogP contribution in [-0.2, 0) is 9.47 Å². The van der Waals surface area contributed by atoms with E-state index in [1.54, 1.807) is 20.3 Å². The van der Waals surface area contributed by atoms with Crippen LogP contribution in [0.2, 0.25) is 0 Å². The lowest BCUT2D eigenvalue weighted by molar-refractivity contribution is -0.00461. The Labute approximate surface area is 112 Å². The molecule has 104 valence electrons. The maximum Gasteiger partial charge on any atom is 0.339 e. The molecule has 2 rings (SSSR count). The summed E-state index contributed by atoms with van der Waals surface area (Å²) in [4.78, 5) is 17.3. The molecule has 6 heteroatoms. The third-order valence-corrected chi connectivity index (χ3v) is 3.41. The van der Waals surface area contributed by atoms with Gasteiger partial charge in [0, 0.05) is 39.2 Å².